The van der Waals surface area contributed by atoms with Crippen LogP contribution in [0.25, 0.3) is 0 Å². The molecular formula is C16H22N2O3. The van der Waals surface area contributed by atoms with Crippen molar-refractivity contribution in [3.05, 3.63) is 35.9 Å². The fourth-order valence-electron chi connectivity index (χ4n) is 2.58. The van der Waals surface area contributed by atoms with Gasteiger partial charge in [0, 0.05) is 32.0 Å². The summed E-state index contributed by atoms with van der Waals surface area (Å²) in [7, 11) is 1.79. The van der Waals surface area contributed by atoms with Crippen LogP contribution in [-0.4, -0.2) is 42.1 Å². The van der Waals surface area contributed by atoms with Gasteiger partial charge in [-0.3, -0.25) is 4.79 Å². The van der Waals surface area contributed by atoms with Crippen molar-refractivity contribution in [1.29, 1.82) is 0 Å². The van der Waals surface area contributed by atoms with Crippen LogP contribution in [0.15, 0.2) is 30.3 Å². The number of nitrogens with one attached hydrogen (secondary N) is 1. The Morgan fingerprint density at radius 1 is 1.29 bits per heavy atom. The number of rotatable bonds is 7. The van der Waals surface area contributed by atoms with E-state index in [9.17, 15) is 9.59 Å². The Morgan fingerprint density at radius 3 is 2.52 bits per heavy atom. The molecule has 5 nitrogen and oxygen atoms in total. The molecule has 0 unspecified atom stereocenters. The number of nitrogens with zero attached hydrogens (tertiary/aromatic N) is 1. The van der Waals surface area contributed by atoms with Crippen molar-refractivity contribution in [2.45, 2.75) is 31.1 Å². The molecule has 0 spiro atoms. The van der Waals surface area contributed by atoms with E-state index in [1.165, 1.54) is 5.56 Å². The summed E-state index contributed by atoms with van der Waals surface area (Å²) in [5.41, 5.74) is 1.39. The summed E-state index contributed by atoms with van der Waals surface area (Å²) in [5, 5.41) is 11.3. The van der Waals surface area contributed by atoms with Gasteiger partial charge < -0.3 is 15.3 Å². The number of carbonyl (C=O) groups is 2. The molecule has 0 heterocycles. The second kappa shape index (κ2) is 6.61. The van der Waals surface area contributed by atoms with E-state index in [1.807, 2.05) is 18.2 Å². The number of benzene rings is 1. The Bertz CT molecular complexity index is 498. The molecule has 0 saturated heterocycles. The van der Waals surface area contributed by atoms with Crippen LogP contribution in [0.3, 0.4) is 0 Å². The fraction of sp³-hybridized carbons (Fsp3) is 0.500. The predicted octanol–water partition coefficient (Wildman–Crippen LogP) is 2.22. The van der Waals surface area contributed by atoms with Gasteiger partial charge >= 0.3 is 12.0 Å². The second-order valence-electron chi connectivity index (χ2n) is 5.73. The minimum absolute atomic E-state index is 0.0813. The highest BCUT2D eigenvalue weighted by Gasteiger charge is 2.45. The van der Waals surface area contributed by atoms with Gasteiger partial charge in [-0.15, -0.1) is 0 Å². The lowest BCUT2D eigenvalue weighted by Gasteiger charge is -2.24. The highest BCUT2D eigenvalue weighted by molar-refractivity contribution is 5.74. The van der Waals surface area contributed by atoms with Crippen molar-refractivity contribution in [2.75, 3.05) is 20.1 Å². The third-order valence-electron chi connectivity index (χ3n) is 3.97. The number of urea groups is 1. The van der Waals surface area contributed by atoms with E-state index >= 15 is 0 Å². The number of likely N-dealkylation sites (N-methyl/N-ethyl adjacent to an activating group) is 1. The zero-order chi connectivity index (χ0) is 15.3. The van der Waals surface area contributed by atoms with Crippen LogP contribution in [0.5, 0.6) is 0 Å². The van der Waals surface area contributed by atoms with E-state index in [1.54, 1.807) is 11.9 Å². The molecule has 1 aliphatic carbocycles. The molecule has 1 aromatic rings. The molecule has 1 aromatic carbocycles. The number of aliphatic carboxylic acids is 1. The second-order valence-corrected chi connectivity index (χ2v) is 5.73. The third kappa shape index (κ3) is 4.21. The first-order valence-electron chi connectivity index (χ1n) is 7.30. The van der Waals surface area contributed by atoms with Crippen LogP contribution >= 0.6 is 0 Å². The summed E-state index contributed by atoms with van der Waals surface area (Å²) in [6, 6.07) is 10.2. The average Bonchev–Trinajstić information content (AvgIpc) is 3.25. The molecule has 2 N–H and O–H groups in total. The van der Waals surface area contributed by atoms with Crippen LogP contribution in [0.1, 0.15) is 31.2 Å². The van der Waals surface area contributed by atoms with Gasteiger partial charge in [0.05, 0.1) is 0 Å². The molecule has 1 aliphatic rings. The highest BCUT2D eigenvalue weighted by atomic mass is 16.4. The van der Waals surface area contributed by atoms with Crippen LogP contribution in [0, 0.1) is 0 Å². The van der Waals surface area contributed by atoms with Gasteiger partial charge in [-0.2, -0.15) is 0 Å². The average molecular weight is 290 g/mol. The van der Waals surface area contributed by atoms with Gasteiger partial charge in [0.25, 0.3) is 0 Å². The van der Waals surface area contributed by atoms with Gasteiger partial charge in [-0.1, -0.05) is 30.3 Å². The summed E-state index contributed by atoms with van der Waals surface area (Å²) in [4.78, 5) is 24.1. The minimum Gasteiger partial charge on any atom is -0.481 e. The van der Waals surface area contributed by atoms with E-state index in [-0.39, 0.29) is 17.9 Å². The smallest absolute Gasteiger partial charge is 0.317 e. The Hall–Kier alpha value is -2.04. The highest BCUT2D eigenvalue weighted by Crippen LogP contribution is 2.48. The first-order valence-corrected chi connectivity index (χ1v) is 7.30. The largest absolute Gasteiger partial charge is 0.481 e. The van der Waals surface area contributed by atoms with Crippen molar-refractivity contribution >= 4 is 12.0 Å². The lowest BCUT2D eigenvalue weighted by molar-refractivity contribution is -0.137. The molecule has 5 heteroatoms. The molecule has 1 saturated carbocycles. The SMILES string of the molecule is CN(CC1(c2ccccc2)CC1)C(=O)NCCCC(=O)O. The van der Waals surface area contributed by atoms with Crippen LogP contribution in [-0.2, 0) is 10.2 Å². The number of carboxylic acid groups (broad SMARTS) is 1. The molecule has 1 fully saturated rings. The zero-order valence-corrected chi connectivity index (χ0v) is 12.3. The van der Waals surface area contributed by atoms with E-state index < -0.39 is 5.97 Å². The monoisotopic (exact) mass is 290 g/mol. The molecular weight excluding hydrogens is 268 g/mol. The van der Waals surface area contributed by atoms with Crippen LogP contribution < -0.4 is 5.32 Å². The summed E-state index contributed by atoms with van der Waals surface area (Å²) in [6.45, 7) is 1.09. The van der Waals surface area contributed by atoms with Crippen molar-refractivity contribution in [1.82, 2.24) is 10.2 Å². The lowest BCUT2D eigenvalue weighted by atomic mass is 9.95. The number of hydrogen-bond acceptors (Lipinski definition) is 2. The van der Waals surface area contributed by atoms with Crippen molar-refractivity contribution in [2.24, 2.45) is 0 Å². The number of carbonyl (C=O) groups excluding carboxylic acids is 1. The van der Waals surface area contributed by atoms with Crippen molar-refractivity contribution in [3.8, 4) is 0 Å². The lowest BCUT2D eigenvalue weighted by Crippen LogP contribution is -2.41. The standard InChI is InChI=1S/C16H22N2O3/c1-18(15(21)17-11-5-8-14(19)20)12-16(9-10-16)13-6-3-2-4-7-13/h2-4,6-7H,5,8-12H2,1H3,(H,17,21)(H,19,20). The molecule has 0 aromatic heterocycles. The van der Waals surface area contributed by atoms with Crippen LogP contribution in [0.4, 0.5) is 4.79 Å². The zero-order valence-electron chi connectivity index (χ0n) is 12.3. The molecule has 2 rings (SSSR count). The molecule has 0 bridgehead atoms. The van der Waals surface area contributed by atoms with Crippen LogP contribution in [0.2, 0.25) is 0 Å². The summed E-state index contributed by atoms with van der Waals surface area (Å²) in [5.74, 6) is -0.835. The summed E-state index contributed by atoms with van der Waals surface area (Å²) in [6.07, 6.45) is 2.75. The van der Waals surface area contributed by atoms with Crippen molar-refractivity contribution < 1.29 is 14.7 Å². The Balaban J connectivity index is 1.80. The number of carboxylic acids is 1. The first-order chi connectivity index (χ1) is 10.0. The van der Waals surface area contributed by atoms with E-state index in [2.05, 4.69) is 17.4 Å². The van der Waals surface area contributed by atoms with E-state index in [4.69, 9.17) is 5.11 Å². The first kappa shape index (κ1) is 15.4. The van der Waals surface area contributed by atoms with Crippen molar-refractivity contribution in [3.63, 3.8) is 0 Å². The summed E-state index contributed by atoms with van der Waals surface area (Å²) >= 11 is 0. The molecule has 0 radical (unpaired) electrons. The normalized spacial score (nSPS) is 15.3. The van der Waals surface area contributed by atoms with E-state index in [0.29, 0.717) is 19.5 Å². The maximum atomic E-state index is 12.0. The molecule has 114 valence electrons. The fourth-order valence-corrected chi connectivity index (χ4v) is 2.58. The quantitative estimate of drug-likeness (QED) is 0.757. The predicted molar refractivity (Wildman–Crippen MR) is 80.3 cm³/mol. The topological polar surface area (TPSA) is 69.6 Å². The molecule has 2 amide bonds. The Kier molecular flexibility index (Phi) is 4.83. The maximum absolute atomic E-state index is 12.0. The molecule has 0 atom stereocenters. The van der Waals surface area contributed by atoms with Gasteiger partial charge in [-0.25, -0.2) is 4.79 Å². The van der Waals surface area contributed by atoms with Gasteiger partial charge in [-0.05, 0) is 24.8 Å². The Morgan fingerprint density at radius 2 is 1.95 bits per heavy atom. The van der Waals surface area contributed by atoms with Gasteiger partial charge in [0.1, 0.15) is 0 Å². The summed E-state index contributed by atoms with van der Waals surface area (Å²) < 4.78 is 0. The Labute approximate surface area is 125 Å². The third-order valence-corrected chi connectivity index (χ3v) is 3.97. The maximum Gasteiger partial charge on any atom is 0.317 e. The van der Waals surface area contributed by atoms with E-state index in [0.717, 1.165) is 12.8 Å². The molecule has 21 heavy (non-hydrogen) atoms. The molecule has 0 aliphatic heterocycles. The minimum atomic E-state index is -0.835. The number of amides is 2. The van der Waals surface area contributed by atoms with Gasteiger partial charge in [0.15, 0.2) is 0 Å². The number of hydrogen-bond donors (Lipinski definition) is 2. The van der Waals surface area contributed by atoms with Gasteiger partial charge in [0.2, 0.25) is 0 Å².